The number of nitrogens with zero attached hydrogens (tertiary/aromatic N) is 2. The number of amidine groups is 1. The number of benzene rings is 2. The van der Waals surface area contributed by atoms with Gasteiger partial charge in [-0.1, -0.05) is 25.5 Å². The Balaban J connectivity index is 1.82. The van der Waals surface area contributed by atoms with Crippen LogP contribution in [0.25, 0.3) is 0 Å². The van der Waals surface area contributed by atoms with Crippen LogP contribution >= 0.6 is 0 Å². The zero-order valence-corrected chi connectivity index (χ0v) is 18.6. The monoisotopic (exact) mass is 444 g/mol. The molecule has 0 saturated carbocycles. The Morgan fingerprint density at radius 2 is 1.77 bits per heavy atom. The second kappa shape index (κ2) is 9.49. The lowest BCUT2D eigenvalue weighted by atomic mass is 10.1. The highest BCUT2D eigenvalue weighted by Crippen LogP contribution is 2.26. The molecule has 2 aromatic carbocycles. The average molecular weight is 445 g/mol. The summed E-state index contributed by atoms with van der Waals surface area (Å²) >= 11 is 0. The fraction of sp³-hybridized carbons (Fsp3) is 0.364. The Kier molecular flexibility index (Phi) is 6.97. The minimum atomic E-state index is -3.72. The maximum absolute atomic E-state index is 13.2. The van der Waals surface area contributed by atoms with Crippen molar-refractivity contribution < 1.29 is 17.9 Å². The summed E-state index contributed by atoms with van der Waals surface area (Å²) in [4.78, 5) is 13.8. The second-order valence-electron chi connectivity index (χ2n) is 7.48. The lowest BCUT2D eigenvalue weighted by Crippen LogP contribution is -2.56. The van der Waals surface area contributed by atoms with Crippen molar-refractivity contribution in [3.63, 3.8) is 0 Å². The number of hydrogen-bond acceptors (Lipinski definition) is 6. The van der Waals surface area contributed by atoms with Gasteiger partial charge in [-0.15, -0.1) is 0 Å². The molecule has 1 aliphatic rings. The van der Waals surface area contributed by atoms with Crippen molar-refractivity contribution >= 4 is 27.5 Å². The molecule has 0 aliphatic carbocycles. The number of nitrogens with two attached hydrogens (primary N) is 1. The van der Waals surface area contributed by atoms with E-state index in [2.05, 4.69) is 6.92 Å². The van der Waals surface area contributed by atoms with Gasteiger partial charge in [0.1, 0.15) is 5.84 Å². The number of nitrogens with one attached hydrogen (secondary N) is 1. The van der Waals surface area contributed by atoms with Crippen molar-refractivity contribution in [2.24, 2.45) is 5.73 Å². The summed E-state index contributed by atoms with van der Waals surface area (Å²) in [5, 5.41) is 7.52. The molecule has 1 saturated heterocycles. The standard InChI is InChI=1S/C22H28N4O4S/c1-3-4-17-5-11-20(12-6-17)31(28,29)25-13-14-26(21(15-25)30-16(2)27)19-9-7-18(8-10-19)22(23)24/h5-12,21H,3-4,13-15H2,1-2H3,(H3,23,24). The number of aryl methyl sites for hydroxylation is 1. The number of rotatable bonds is 7. The fourth-order valence-corrected chi connectivity index (χ4v) is 5.06. The molecule has 166 valence electrons. The molecule has 0 radical (unpaired) electrons. The van der Waals surface area contributed by atoms with Crippen molar-refractivity contribution in [1.29, 1.82) is 5.41 Å². The molecule has 1 heterocycles. The lowest BCUT2D eigenvalue weighted by Gasteiger charge is -2.41. The van der Waals surface area contributed by atoms with E-state index in [4.69, 9.17) is 15.9 Å². The van der Waals surface area contributed by atoms with Gasteiger partial charge in [-0.05, 0) is 48.4 Å². The predicted molar refractivity (Wildman–Crippen MR) is 120 cm³/mol. The van der Waals surface area contributed by atoms with E-state index in [0.717, 1.165) is 24.1 Å². The zero-order chi connectivity index (χ0) is 22.6. The number of anilines is 1. The van der Waals surface area contributed by atoms with Crippen LogP contribution < -0.4 is 10.6 Å². The highest BCUT2D eigenvalue weighted by molar-refractivity contribution is 7.89. The first-order valence-electron chi connectivity index (χ1n) is 10.2. The number of hydrogen-bond donors (Lipinski definition) is 2. The van der Waals surface area contributed by atoms with Gasteiger partial charge in [-0.3, -0.25) is 10.2 Å². The van der Waals surface area contributed by atoms with E-state index in [-0.39, 0.29) is 23.8 Å². The van der Waals surface area contributed by atoms with Crippen molar-refractivity contribution in [3.8, 4) is 0 Å². The Labute approximate surface area is 183 Å². The van der Waals surface area contributed by atoms with Crippen LogP contribution in [0.5, 0.6) is 0 Å². The van der Waals surface area contributed by atoms with Crippen LogP contribution in [-0.4, -0.2) is 50.4 Å². The molecule has 31 heavy (non-hydrogen) atoms. The third-order valence-electron chi connectivity index (χ3n) is 5.21. The van der Waals surface area contributed by atoms with Crippen LogP contribution in [0.3, 0.4) is 0 Å². The first-order chi connectivity index (χ1) is 14.7. The molecule has 9 heteroatoms. The third-order valence-corrected chi connectivity index (χ3v) is 7.09. The van der Waals surface area contributed by atoms with Gasteiger partial charge in [0.15, 0.2) is 6.23 Å². The van der Waals surface area contributed by atoms with Gasteiger partial charge < -0.3 is 15.4 Å². The second-order valence-corrected chi connectivity index (χ2v) is 9.41. The van der Waals surface area contributed by atoms with Gasteiger partial charge in [-0.25, -0.2) is 8.42 Å². The van der Waals surface area contributed by atoms with E-state index in [1.165, 1.54) is 11.2 Å². The van der Waals surface area contributed by atoms with Gasteiger partial charge >= 0.3 is 5.97 Å². The highest BCUT2D eigenvalue weighted by atomic mass is 32.2. The minimum Gasteiger partial charge on any atom is -0.440 e. The number of sulfonamides is 1. The van der Waals surface area contributed by atoms with Crippen molar-refractivity contribution in [1.82, 2.24) is 4.31 Å². The van der Waals surface area contributed by atoms with Gasteiger partial charge in [-0.2, -0.15) is 4.31 Å². The van der Waals surface area contributed by atoms with Crippen LogP contribution in [0.4, 0.5) is 5.69 Å². The summed E-state index contributed by atoms with van der Waals surface area (Å²) in [6.45, 7) is 4.01. The fourth-order valence-electron chi connectivity index (χ4n) is 3.63. The molecule has 0 amide bonds. The molecular formula is C22H28N4O4S. The van der Waals surface area contributed by atoms with Crippen molar-refractivity contribution in [2.75, 3.05) is 24.5 Å². The third kappa shape index (κ3) is 5.23. The zero-order valence-electron chi connectivity index (χ0n) is 17.7. The maximum atomic E-state index is 13.2. The normalized spacial score (nSPS) is 17.4. The molecule has 0 spiro atoms. The van der Waals surface area contributed by atoms with Crippen LogP contribution in [0.1, 0.15) is 31.4 Å². The number of carbonyl (C=O) groups excluding carboxylic acids is 1. The molecule has 1 atom stereocenters. The summed E-state index contributed by atoms with van der Waals surface area (Å²) in [7, 11) is -3.72. The largest absolute Gasteiger partial charge is 0.440 e. The minimum absolute atomic E-state index is 0.0209. The SMILES string of the molecule is CCCc1ccc(S(=O)(=O)N2CCN(c3ccc(C(=N)N)cc3)C(OC(C)=O)C2)cc1. The van der Waals surface area contributed by atoms with Gasteiger partial charge in [0.05, 0.1) is 11.4 Å². The van der Waals surface area contributed by atoms with E-state index < -0.39 is 22.2 Å². The Morgan fingerprint density at radius 3 is 2.32 bits per heavy atom. The molecule has 0 bridgehead atoms. The predicted octanol–water partition coefficient (Wildman–Crippen LogP) is 2.32. The maximum Gasteiger partial charge on any atom is 0.304 e. The molecule has 8 nitrogen and oxygen atoms in total. The topological polar surface area (TPSA) is 117 Å². The summed E-state index contributed by atoms with van der Waals surface area (Å²) in [6, 6.07) is 13.9. The number of carbonyl (C=O) groups is 1. The summed E-state index contributed by atoms with van der Waals surface area (Å²) in [5.74, 6) is -0.525. The van der Waals surface area contributed by atoms with E-state index in [0.29, 0.717) is 12.1 Å². The van der Waals surface area contributed by atoms with Gasteiger partial charge in [0, 0.05) is 31.3 Å². The molecule has 0 aromatic heterocycles. The van der Waals surface area contributed by atoms with Crippen molar-refractivity contribution in [3.05, 3.63) is 59.7 Å². The van der Waals surface area contributed by atoms with E-state index in [9.17, 15) is 13.2 Å². The highest BCUT2D eigenvalue weighted by Gasteiger charge is 2.36. The first kappa shape index (κ1) is 22.8. The molecule has 1 unspecified atom stereocenters. The Bertz CT molecular complexity index is 1040. The number of piperazine rings is 1. The summed E-state index contributed by atoms with van der Waals surface area (Å²) < 4.78 is 33.2. The molecule has 1 aliphatic heterocycles. The van der Waals surface area contributed by atoms with Gasteiger partial charge in [0.2, 0.25) is 10.0 Å². The molecule has 2 aromatic rings. The Hall–Kier alpha value is -2.91. The molecule has 3 rings (SSSR count). The van der Waals surface area contributed by atoms with E-state index >= 15 is 0 Å². The number of nitrogen functional groups attached to an aromatic ring is 1. The molecular weight excluding hydrogens is 416 g/mol. The van der Waals surface area contributed by atoms with Crippen LogP contribution in [0.15, 0.2) is 53.4 Å². The Morgan fingerprint density at radius 1 is 1.13 bits per heavy atom. The quantitative estimate of drug-likeness (QED) is 0.385. The lowest BCUT2D eigenvalue weighted by molar-refractivity contribution is -0.147. The van der Waals surface area contributed by atoms with Gasteiger partial charge in [0.25, 0.3) is 0 Å². The average Bonchev–Trinajstić information content (AvgIpc) is 2.74. The van der Waals surface area contributed by atoms with E-state index in [1.807, 2.05) is 17.0 Å². The van der Waals surface area contributed by atoms with Crippen LogP contribution in [-0.2, 0) is 26.0 Å². The number of ether oxygens (including phenoxy) is 1. The number of esters is 1. The first-order valence-corrected chi connectivity index (χ1v) is 11.6. The van der Waals surface area contributed by atoms with Crippen LogP contribution in [0, 0.1) is 5.41 Å². The summed E-state index contributed by atoms with van der Waals surface area (Å²) in [6.07, 6.45) is 1.13. The van der Waals surface area contributed by atoms with E-state index in [1.54, 1.807) is 36.4 Å². The molecule has 1 fully saturated rings. The smallest absolute Gasteiger partial charge is 0.304 e. The van der Waals surface area contributed by atoms with Crippen LogP contribution in [0.2, 0.25) is 0 Å². The molecule has 3 N–H and O–H groups in total. The summed E-state index contributed by atoms with van der Waals surface area (Å²) in [5.41, 5.74) is 7.95. The van der Waals surface area contributed by atoms with Crippen molar-refractivity contribution in [2.45, 2.75) is 37.8 Å².